The molecule has 0 atom stereocenters. The van der Waals surface area contributed by atoms with E-state index < -0.39 is 0 Å². The van der Waals surface area contributed by atoms with Crippen molar-refractivity contribution in [2.75, 3.05) is 25.0 Å². The lowest BCUT2D eigenvalue weighted by atomic mass is 9.99. The van der Waals surface area contributed by atoms with Gasteiger partial charge in [0.1, 0.15) is 5.82 Å². The van der Waals surface area contributed by atoms with Crippen LogP contribution in [0.2, 0.25) is 5.02 Å². The molecule has 1 saturated heterocycles. The number of aromatic nitrogens is 2. The fraction of sp³-hybridized carbons (Fsp3) is 0.308. The molecule has 3 rings (SSSR count). The summed E-state index contributed by atoms with van der Waals surface area (Å²) >= 11 is 5.91. The quantitative estimate of drug-likeness (QED) is 0.902. The topological polar surface area (TPSA) is 58.1 Å². The molecule has 19 heavy (non-hydrogen) atoms. The zero-order valence-electron chi connectivity index (χ0n) is 10.4. The Kier molecular flexibility index (Phi) is 2.98. The number of fused-ring (bicyclic) bond motifs is 1. The maximum atomic E-state index is 11.4. The molecule has 1 N–H and O–H groups in total. The monoisotopic (exact) mass is 276 g/mol. The van der Waals surface area contributed by atoms with Crippen molar-refractivity contribution in [1.29, 1.82) is 0 Å². The van der Waals surface area contributed by atoms with Gasteiger partial charge >= 0.3 is 0 Å². The van der Waals surface area contributed by atoms with Crippen LogP contribution >= 0.6 is 11.6 Å². The highest BCUT2D eigenvalue weighted by molar-refractivity contribution is 6.31. The maximum Gasteiger partial charge on any atom is 0.226 e. The molecule has 0 saturated carbocycles. The molecule has 0 bridgehead atoms. The Hall–Kier alpha value is -1.88. The third kappa shape index (κ3) is 2.21. The van der Waals surface area contributed by atoms with E-state index in [-0.39, 0.29) is 11.8 Å². The average Bonchev–Trinajstić information content (AvgIpc) is 2.36. The highest BCUT2D eigenvalue weighted by atomic mass is 35.5. The first-order valence-corrected chi connectivity index (χ1v) is 6.44. The molecule has 5 nitrogen and oxygen atoms in total. The van der Waals surface area contributed by atoms with Gasteiger partial charge in [0.2, 0.25) is 5.91 Å². The van der Waals surface area contributed by atoms with Gasteiger partial charge < -0.3 is 10.2 Å². The molecule has 1 amide bonds. The Bertz CT molecular complexity index is 640. The Morgan fingerprint density at radius 2 is 2.21 bits per heavy atom. The predicted molar refractivity (Wildman–Crippen MR) is 74.3 cm³/mol. The van der Waals surface area contributed by atoms with Crippen LogP contribution in [0.5, 0.6) is 0 Å². The van der Waals surface area contributed by atoms with Crippen LogP contribution in [-0.2, 0) is 4.79 Å². The van der Waals surface area contributed by atoms with Crippen molar-refractivity contribution >= 4 is 34.4 Å². The van der Waals surface area contributed by atoms with Crippen LogP contribution < -0.4 is 10.2 Å². The Morgan fingerprint density at radius 1 is 1.42 bits per heavy atom. The lowest BCUT2D eigenvalue weighted by Gasteiger charge is -2.38. The standard InChI is InChI=1S/C13H13ClN4O/c1-15-13(19)8-6-18(7-8)12-5-16-11-4-9(14)2-3-10(11)17-12/h2-5,8H,6-7H2,1H3,(H,15,19). The van der Waals surface area contributed by atoms with Crippen LogP contribution in [0.25, 0.3) is 11.0 Å². The van der Waals surface area contributed by atoms with E-state index in [0.29, 0.717) is 18.1 Å². The molecular formula is C13H13ClN4O. The van der Waals surface area contributed by atoms with Gasteiger partial charge in [-0.05, 0) is 18.2 Å². The van der Waals surface area contributed by atoms with E-state index in [1.807, 2.05) is 11.0 Å². The van der Waals surface area contributed by atoms with Gasteiger partial charge in [-0.2, -0.15) is 0 Å². The summed E-state index contributed by atoms with van der Waals surface area (Å²) in [5.74, 6) is 0.930. The normalized spacial score (nSPS) is 15.4. The average molecular weight is 277 g/mol. The molecule has 1 aromatic carbocycles. The molecule has 0 aliphatic carbocycles. The molecular weight excluding hydrogens is 264 g/mol. The molecule has 98 valence electrons. The number of amides is 1. The van der Waals surface area contributed by atoms with Crippen molar-refractivity contribution < 1.29 is 4.79 Å². The summed E-state index contributed by atoms with van der Waals surface area (Å²) in [5, 5.41) is 3.31. The number of halogens is 1. The van der Waals surface area contributed by atoms with Gasteiger partial charge in [0.15, 0.2) is 0 Å². The smallest absolute Gasteiger partial charge is 0.226 e. The van der Waals surface area contributed by atoms with Crippen molar-refractivity contribution in [1.82, 2.24) is 15.3 Å². The lowest BCUT2D eigenvalue weighted by Crippen LogP contribution is -2.53. The van der Waals surface area contributed by atoms with Crippen molar-refractivity contribution in [2.45, 2.75) is 0 Å². The van der Waals surface area contributed by atoms with Crippen LogP contribution in [0.4, 0.5) is 5.82 Å². The lowest BCUT2D eigenvalue weighted by molar-refractivity contribution is -0.125. The molecule has 0 radical (unpaired) electrons. The van der Waals surface area contributed by atoms with E-state index in [4.69, 9.17) is 11.6 Å². The van der Waals surface area contributed by atoms with E-state index in [0.717, 1.165) is 16.9 Å². The molecule has 1 fully saturated rings. The van der Waals surface area contributed by atoms with Gasteiger partial charge in [0, 0.05) is 25.2 Å². The van der Waals surface area contributed by atoms with E-state index >= 15 is 0 Å². The second kappa shape index (κ2) is 4.66. The largest absolute Gasteiger partial charge is 0.359 e. The number of hydrogen-bond acceptors (Lipinski definition) is 4. The Morgan fingerprint density at radius 3 is 2.95 bits per heavy atom. The van der Waals surface area contributed by atoms with Gasteiger partial charge in [-0.3, -0.25) is 9.78 Å². The third-order valence-corrected chi connectivity index (χ3v) is 3.55. The van der Waals surface area contributed by atoms with E-state index in [1.54, 1.807) is 25.4 Å². The summed E-state index contributed by atoms with van der Waals surface area (Å²) in [6, 6.07) is 5.44. The van der Waals surface area contributed by atoms with Crippen molar-refractivity contribution in [3.05, 3.63) is 29.4 Å². The predicted octanol–water partition coefficient (Wildman–Crippen LogP) is 1.47. The van der Waals surface area contributed by atoms with E-state index in [9.17, 15) is 4.79 Å². The second-order valence-corrected chi connectivity index (χ2v) is 5.01. The van der Waals surface area contributed by atoms with Crippen LogP contribution in [0.15, 0.2) is 24.4 Å². The number of hydrogen-bond donors (Lipinski definition) is 1. The van der Waals surface area contributed by atoms with Crippen LogP contribution in [-0.4, -0.2) is 36.0 Å². The van der Waals surface area contributed by atoms with Crippen LogP contribution in [0.3, 0.4) is 0 Å². The van der Waals surface area contributed by atoms with Gasteiger partial charge in [-0.15, -0.1) is 0 Å². The fourth-order valence-electron chi connectivity index (χ4n) is 2.16. The first kappa shape index (κ1) is 12.2. The highest BCUT2D eigenvalue weighted by Crippen LogP contribution is 2.24. The van der Waals surface area contributed by atoms with Gasteiger partial charge in [-0.1, -0.05) is 11.6 Å². The first-order chi connectivity index (χ1) is 9.17. The van der Waals surface area contributed by atoms with Crippen LogP contribution in [0.1, 0.15) is 0 Å². The second-order valence-electron chi connectivity index (χ2n) is 4.58. The number of rotatable bonds is 2. The number of carbonyl (C=O) groups excluding carboxylic acids is 1. The number of anilines is 1. The number of benzene rings is 1. The zero-order chi connectivity index (χ0) is 13.4. The van der Waals surface area contributed by atoms with Gasteiger partial charge in [-0.25, -0.2) is 4.98 Å². The van der Waals surface area contributed by atoms with Gasteiger partial charge in [0.05, 0.1) is 23.1 Å². The number of nitrogens with one attached hydrogen (secondary N) is 1. The van der Waals surface area contributed by atoms with Crippen molar-refractivity contribution in [3.63, 3.8) is 0 Å². The Balaban J connectivity index is 1.80. The minimum absolute atomic E-state index is 0.0488. The summed E-state index contributed by atoms with van der Waals surface area (Å²) in [4.78, 5) is 22.4. The van der Waals surface area contributed by atoms with E-state index in [1.165, 1.54) is 0 Å². The molecule has 1 aromatic heterocycles. The summed E-state index contributed by atoms with van der Waals surface area (Å²) < 4.78 is 0. The van der Waals surface area contributed by atoms with Crippen LogP contribution in [0, 0.1) is 5.92 Å². The SMILES string of the molecule is CNC(=O)C1CN(c2cnc3cc(Cl)ccc3n2)C1. The molecule has 1 aliphatic rings. The summed E-state index contributed by atoms with van der Waals surface area (Å²) in [5.41, 5.74) is 1.59. The first-order valence-electron chi connectivity index (χ1n) is 6.06. The fourth-order valence-corrected chi connectivity index (χ4v) is 2.33. The minimum atomic E-state index is 0.0488. The summed E-state index contributed by atoms with van der Waals surface area (Å²) in [6.07, 6.45) is 1.72. The summed E-state index contributed by atoms with van der Waals surface area (Å²) in [7, 11) is 1.66. The third-order valence-electron chi connectivity index (χ3n) is 3.31. The summed E-state index contributed by atoms with van der Waals surface area (Å²) in [6.45, 7) is 1.38. The molecule has 1 aliphatic heterocycles. The molecule has 6 heteroatoms. The molecule has 0 spiro atoms. The Labute approximate surface area is 115 Å². The number of carbonyl (C=O) groups is 1. The minimum Gasteiger partial charge on any atom is -0.359 e. The zero-order valence-corrected chi connectivity index (χ0v) is 11.2. The number of nitrogens with zero attached hydrogens (tertiary/aromatic N) is 3. The van der Waals surface area contributed by atoms with E-state index in [2.05, 4.69) is 15.3 Å². The molecule has 0 unspecified atom stereocenters. The molecule has 2 heterocycles. The maximum absolute atomic E-state index is 11.4. The van der Waals surface area contributed by atoms with Gasteiger partial charge in [0.25, 0.3) is 0 Å². The molecule has 2 aromatic rings. The van der Waals surface area contributed by atoms with Crippen molar-refractivity contribution in [3.8, 4) is 0 Å². The van der Waals surface area contributed by atoms with Crippen molar-refractivity contribution in [2.24, 2.45) is 5.92 Å². The highest BCUT2D eigenvalue weighted by Gasteiger charge is 2.33.